The summed E-state index contributed by atoms with van der Waals surface area (Å²) in [7, 11) is -4.23. The van der Waals surface area contributed by atoms with Crippen molar-refractivity contribution < 1.29 is 31.5 Å². The molecule has 2 heterocycles. The number of benzene rings is 1. The van der Waals surface area contributed by atoms with Crippen molar-refractivity contribution in [2.75, 3.05) is 20.4 Å². The van der Waals surface area contributed by atoms with Gasteiger partial charge in [0.05, 0.1) is 12.4 Å². The number of aromatic nitrogens is 2. The fraction of sp³-hybridized carbons (Fsp3) is 0.462. The van der Waals surface area contributed by atoms with Crippen LogP contribution in [0.15, 0.2) is 35.6 Å². The Balaban J connectivity index is 1.63. The Bertz CT molecular complexity index is 1500. The number of hydrogen-bond donors (Lipinski definition) is 1. The van der Waals surface area contributed by atoms with E-state index in [1.54, 1.807) is 0 Å². The number of carbonyl (C=O) groups excluding carboxylic acids is 1. The third-order valence-corrected chi connectivity index (χ3v) is 11.8. The van der Waals surface area contributed by atoms with Gasteiger partial charge in [0.15, 0.2) is 5.83 Å². The van der Waals surface area contributed by atoms with Crippen LogP contribution in [0.5, 0.6) is 0 Å². The summed E-state index contributed by atoms with van der Waals surface area (Å²) in [6.45, 7) is 8.37. The van der Waals surface area contributed by atoms with Gasteiger partial charge in [0.25, 0.3) is 0 Å². The van der Waals surface area contributed by atoms with Crippen molar-refractivity contribution >= 4 is 53.7 Å². The highest BCUT2D eigenvalue weighted by molar-refractivity contribution is 7.91. The van der Waals surface area contributed by atoms with E-state index in [0.29, 0.717) is 6.61 Å². The van der Waals surface area contributed by atoms with Crippen molar-refractivity contribution in [2.24, 2.45) is 4.99 Å². The monoisotopic (exact) mass is 627 g/mol. The number of nitrogens with zero attached hydrogens (tertiary/aromatic N) is 4. The molecule has 1 aliphatic carbocycles. The van der Waals surface area contributed by atoms with Crippen LogP contribution in [0.25, 0.3) is 11.9 Å². The zero-order valence-electron chi connectivity index (χ0n) is 23.4. The molecule has 10 nitrogen and oxygen atoms in total. The molecule has 1 spiro atoms. The van der Waals surface area contributed by atoms with Crippen LogP contribution in [0, 0.1) is 5.82 Å². The van der Waals surface area contributed by atoms with Crippen LogP contribution >= 0.6 is 11.6 Å². The third-order valence-electron chi connectivity index (χ3n) is 7.21. The summed E-state index contributed by atoms with van der Waals surface area (Å²) >= 11 is 5.72. The van der Waals surface area contributed by atoms with E-state index in [4.69, 9.17) is 21.1 Å². The second-order valence-electron chi connectivity index (χ2n) is 11.3. The van der Waals surface area contributed by atoms with Gasteiger partial charge < -0.3 is 9.47 Å². The number of alkyl carbamates (subject to hydrolysis) is 1. The van der Waals surface area contributed by atoms with Crippen LogP contribution < -0.4 is 5.32 Å². The van der Waals surface area contributed by atoms with Gasteiger partial charge in [0, 0.05) is 27.3 Å². The Morgan fingerprint density at radius 1 is 1.24 bits per heavy atom. The fourth-order valence-corrected chi connectivity index (χ4v) is 7.51. The predicted molar refractivity (Wildman–Crippen MR) is 154 cm³/mol. The van der Waals surface area contributed by atoms with Crippen molar-refractivity contribution in [2.45, 2.75) is 55.7 Å². The van der Waals surface area contributed by atoms with E-state index < -0.39 is 52.1 Å². The van der Waals surface area contributed by atoms with Crippen molar-refractivity contribution in [3.05, 3.63) is 58.4 Å². The first kappa shape index (κ1) is 31.0. The zero-order valence-corrected chi connectivity index (χ0v) is 25.9. The molecule has 41 heavy (non-hydrogen) atoms. The lowest BCUT2D eigenvalue weighted by molar-refractivity contribution is 0.118. The van der Waals surface area contributed by atoms with Crippen molar-refractivity contribution in [1.29, 1.82) is 0 Å². The standard InChI is InChI=1S/C26H32ClF2N5O5SSi/c1-25(18-12-17(6-7-19(18)28)13-20(29)21-14-31-22(27)15-30-21)26(8-9-26)40(36,37)34(2)23(33-25)39-24(35)32-16-38-10-11-41(3,4)5/h6-7,12-15H,8-11,16H2,1-5H3,(H,32,35). The molecule has 1 aromatic carbocycles. The summed E-state index contributed by atoms with van der Waals surface area (Å²) in [5.74, 6) is -1.50. The number of carbonyl (C=O) groups is 1. The first-order valence-electron chi connectivity index (χ1n) is 12.9. The van der Waals surface area contributed by atoms with Gasteiger partial charge in [0.2, 0.25) is 10.0 Å². The number of aliphatic imine (C=N–C) groups is 1. The molecule has 1 amide bonds. The summed E-state index contributed by atoms with van der Waals surface area (Å²) < 4.78 is 67.6. The van der Waals surface area contributed by atoms with Gasteiger partial charge in [-0.05, 0) is 49.6 Å². The summed E-state index contributed by atoms with van der Waals surface area (Å²) in [4.78, 5) is 24.7. The minimum absolute atomic E-state index is 0.0869. The van der Waals surface area contributed by atoms with Gasteiger partial charge in [-0.15, -0.1) is 0 Å². The molecule has 0 radical (unpaired) electrons. The third kappa shape index (κ3) is 6.30. The largest absolute Gasteiger partial charge is 0.416 e. The van der Waals surface area contributed by atoms with Gasteiger partial charge in [-0.1, -0.05) is 37.3 Å². The average molecular weight is 628 g/mol. The molecular formula is C26H32ClF2N5O5SSi. The maximum absolute atomic E-state index is 15.4. The topological polar surface area (TPSA) is 123 Å². The Kier molecular flexibility index (Phi) is 8.61. The maximum atomic E-state index is 15.4. The Labute approximate surface area is 243 Å². The number of ether oxygens (including phenoxy) is 2. The van der Waals surface area contributed by atoms with Gasteiger partial charge in [-0.25, -0.2) is 41.3 Å². The quantitative estimate of drug-likeness (QED) is 0.244. The first-order chi connectivity index (χ1) is 19.1. The first-order valence-corrected chi connectivity index (χ1v) is 18.4. The highest BCUT2D eigenvalue weighted by atomic mass is 35.5. The molecule has 222 valence electrons. The SMILES string of the molecule is CN1C(OC(=O)NCOCC[Si](C)(C)C)=NC(C)(c2cc(C=C(F)c3cnc(Cl)cn3)ccc2F)C2(CC2)S1(=O)=O. The number of hydrogen-bond acceptors (Lipinski definition) is 8. The van der Waals surface area contributed by atoms with E-state index >= 15 is 4.39 Å². The lowest BCUT2D eigenvalue weighted by Crippen LogP contribution is -2.57. The number of rotatable bonds is 8. The van der Waals surface area contributed by atoms with Crippen LogP contribution in [0.4, 0.5) is 13.6 Å². The molecule has 1 fully saturated rings. The molecule has 1 unspecified atom stereocenters. The Morgan fingerprint density at radius 2 is 1.95 bits per heavy atom. The van der Waals surface area contributed by atoms with E-state index in [1.807, 2.05) is 0 Å². The maximum Gasteiger partial charge on any atom is 0.416 e. The lowest BCUT2D eigenvalue weighted by Gasteiger charge is -2.42. The van der Waals surface area contributed by atoms with E-state index in [9.17, 15) is 17.6 Å². The minimum Gasteiger partial charge on any atom is -0.375 e. The normalized spacial score (nSPS) is 21.4. The van der Waals surface area contributed by atoms with Crippen LogP contribution in [-0.2, 0) is 25.0 Å². The molecule has 1 aromatic heterocycles. The van der Waals surface area contributed by atoms with Crippen molar-refractivity contribution in [3.8, 4) is 0 Å². The minimum atomic E-state index is -4.14. The lowest BCUT2D eigenvalue weighted by atomic mass is 9.85. The number of amides is 1. The van der Waals surface area contributed by atoms with E-state index in [0.717, 1.165) is 28.7 Å². The molecular weight excluding hydrogens is 596 g/mol. The second-order valence-corrected chi connectivity index (χ2v) is 19.6. The van der Waals surface area contributed by atoms with E-state index in [2.05, 4.69) is 39.9 Å². The second kappa shape index (κ2) is 11.4. The van der Waals surface area contributed by atoms with Gasteiger partial charge >= 0.3 is 12.1 Å². The van der Waals surface area contributed by atoms with Crippen molar-refractivity contribution in [3.63, 3.8) is 0 Å². The molecule has 1 atom stereocenters. The summed E-state index contributed by atoms with van der Waals surface area (Å²) in [6.07, 6.45) is 2.89. The molecule has 1 N–H and O–H groups in total. The van der Waals surface area contributed by atoms with Crippen LogP contribution in [0.1, 0.15) is 36.6 Å². The van der Waals surface area contributed by atoms with Crippen LogP contribution in [0.2, 0.25) is 30.8 Å². The van der Waals surface area contributed by atoms with Gasteiger partial charge in [0.1, 0.15) is 33.7 Å². The number of sulfonamides is 1. The molecule has 2 aliphatic rings. The van der Waals surface area contributed by atoms with E-state index in [1.165, 1.54) is 32.3 Å². The zero-order chi connectivity index (χ0) is 30.2. The van der Waals surface area contributed by atoms with Crippen molar-refractivity contribution in [1.82, 2.24) is 19.6 Å². The fourth-order valence-electron chi connectivity index (χ4n) is 4.57. The summed E-state index contributed by atoms with van der Waals surface area (Å²) in [6, 6.07) is 4.15. The Hall–Kier alpha value is -2.94. The number of halogens is 3. The molecule has 15 heteroatoms. The molecule has 0 saturated heterocycles. The summed E-state index contributed by atoms with van der Waals surface area (Å²) in [5, 5.41) is 2.51. The number of nitrogens with one attached hydrogen (secondary N) is 1. The smallest absolute Gasteiger partial charge is 0.375 e. The highest BCUT2D eigenvalue weighted by Gasteiger charge is 2.71. The molecule has 4 rings (SSSR count). The van der Waals surface area contributed by atoms with Crippen LogP contribution in [-0.4, -0.2) is 68.0 Å². The van der Waals surface area contributed by atoms with E-state index in [-0.39, 0.29) is 41.5 Å². The highest BCUT2D eigenvalue weighted by Crippen LogP contribution is 2.61. The Morgan fingerprint density at radius 3 is 2.56 bits per heavy atom. The molecule has 1 aliphatic heterocycles. The number of amidine groups is 1. The molecule has 2 aromatic rings. The predicted octanol–water partition coefficient (Wildman–Crippen LogP) is 5.15. The molecule has 0 bridgehead atoms. The van der Waals surface area contributed by atoms with Gasteiger partial charge in [-0.3, -0.25) is 5.32 Å². The molecule has 1 saturated carbocycles. The van der Waals surface area contributed by atoms with Crippen LogP contribution in [0.3, 0.4) is 0 Å². The average Bonchev–Trinajstić information content (AvgIpc) is 3.71. The van der Waals surface area contributed by atoms with Gasteiger partial charge in [-0.2, -0.15) is 0 Å². The summed E-state index contributed by atoms with van der Waals surface area (Å²) in [5.41, 5.74) is -1.63.